The van der Waals surface area contributed by atoms with Crippen molar-refractivity contribution in [3.63, 3.8) is 0 Å². The summed E-state index contributed by atoms with van der Waals surface area (Å²) in [6, 6.07) is 4.01. The van der Waals surface area contributed by atoms with Gasteiger partial charge < -0.3 is 9.84 Å². The molecule has 0 saturated heterocycles. The number of aromatic nitrogens is 4. The van der Waals surface area contributed by atoms with Crippen molar-refractivity contribution in [2.45, 2.75) is 45.2 Å². The molecule has 6 rings (SSSR count). The second kappa shape index (κ2) is 7.28. The molecule has 8 nitrogen and oxygen atoms in total. The largest absolute Gasteiger partial charge is 0.359 e. The number of thiophene rings is 1. The van der Waals surface area contributed by atoms with Crippen LogP contribution in [-0.4, -0.2) is 37.7 Å². The average molecular weight is 435 g/mol. The van der Waals surface area contributed by atoms with Gasteiger partial charge in [0.1, 0.15) is 5.76 Å². The van der Waals surface area contributed by atoms with Gasteiger partial charge in [-0.25, -0.2) is 4.98 Å². The zero-order chi connectivity index (χ0) is 20.9. The smallest absolute Gasteiger partial charge is 0.258 e. The third-order valence-corrected chi connectivity index (χ3v) is 7.10. The van der Waals surface area contributed by atoms with E-state index in [1.165, 1.54) is 10.4 Å². The van der Waals surface area contributed by atoms with Gasteiger partial charge in [0.25, 0.3) is 5.91 Å². The summed E-state index contributed by atoms with van der Waals surface area (Å²) in [5.41, 5.74) is 4.88. The number of nitrogens with zero attached hydrogens (tertiary/aromatic N) is 4. The van der Waals surface area contributed by atoms with Crippen LogP contribution in [0.3, 0.4) is 0 Å². The molecule has 0 radical (unpaired) electrons. The summed E-state index contributed by atoms with van der Waals surface area (Å²) in [6.45, 7) is 4.58. The Kier molecular flexibility index (Phi) is 4.39. The van der Waals surface area contributed by atoms with Crippen LogP contribution < -0.4 is 5.32 Å². The van der Waals surface area contributed by atoms with Crippen molar-refractivity contribution < 1.29 is 9.32 Å². The summed E-state index contributed by atoms with van der Waals surface area (Å²) in [5, 5.41) is 17.1. The lowest BCUT2D eigenvalue weighted by Gasteiger charge is -2.27. The van der Waals surface area contributed by atoms with E-state index in [0.717, 1.165) is 72.5 Å². The average Bonchev–Trinajstić information content (AvgIpc) is 3.19. The first-order chi connectivity index (χ1) is 15.1. The van der Waals surface area contributed by atoms with E-state index in [1.807, 2.05) is 24.6 Å². The summed E-state index contributed by atoms with van der Waals surface area (Å²) >= 11 is 1.65. The fourth-order valence-corrected chi connectivity index (χ4v) is 5.33. The molecule has 2 aliphatic rings. The first-order valence-corrected chi connectivity index (χ1v) is 11.4. The fraction of sp³-hybridized carbons (Fsp3) is 0.364. The second-order valence-electron chi connectivity index (χ2n) is 8.42. The highest BCUT2D eigenvalue weighted by molar-refractivity contribution is 7.10. The maximum Gasteiger partial charge on any atom is 0.258 e. The molecule has 0 bridgehead atoms. The Morgan fingerprint density at radius 1 is 1.39 bits per heavy atom. The molecule has 158 valence electrons. The number of nitrogens with one attached hydrogen (secondary N) is 2. The maximum absolute atomic E-state index is 12.8. The highest BCUT2D eigenvalue weighted by Crippen LogP contribution is 2.40. The molecule has 0 spiro atoms. The van der Waals surface area contributed by atoms with Crippen molar-refractivity contribution in [1.29, 1.82) is 0 Å². The van der Waals surface area contributed by atoms with E-state index in [-0.39, 0.29) is 5.91 Å². The first-order valence-electron chi connectivity index (χ1n) is 10.5. The molecule has 1 aliphatic carbocycles. The molecule has 5 heterocycles. The van der Waals surface area contributed by atoms with Gasteiger partial charge in [-0.1, -0.05) is 5.16 Å². The normalized spacial score (nSPS) is 16.5. The number of carbonyl (C=O) groups is 1. The third kappa shape index (κ3) is 3.53. The number of aromatic amines is 1. The van der Waals surface area contributed by atoms with Crippen molar-refractivity contribution in [3.05, 3.63) is 56.7 Å². The molecule has 4 aromatic heterocycles. The predicted molar refractivity (Wildman–Crippen MR) is 117 cm³/mol. The van der Waals surface area contributed by atoms with Crippen LogP contribution in [-0.2, 0) is 19.5 Å². The number of amides is 1. The molecule has 2 N–H and O–H groups in total. The van der Waals surface area contributed by atoms with Crippen LogP contribution in [0, 0.1) is 6.92 Å². The molecule has 0 aromatic carbocycles. The molecular formula is C22H22N6O2S. The van der Waals surface area contributed by atoms with Crippen LogP contribution in [0.5, 0.6) is 0 Å². The Hall–Kier alpha value is -3.04. The van der Waals surface area contributed by atoms with Crippen molar-refractivity contribution in [3.8, 4) is 0 Å². The summed E-state index contributed by atoms with van der Waals surface area (Å²) < 4.78 is 5.34. The van der Waals surface area contributed by atoms with E-state index in [4.69, 9.17) is 4.52 Å². The van der Waals surface area contributed by atoms with Gasteiger partial charge in [0.05, 0.1) is 5.56 Å². The number of fused-ring (bicyclic) bond motifs is 2. The molecule has 9 heteroatoms. The lowest BCUT2D eigenvalue weighted by Crippen LogP contribution is -2.30. The van der Waals surface area contributed by atoms with E-state index in [9.17, 15) is 4.79 Å². The number of hydrogen-bond donors (Lipinski definition) is 2. The Bertz CT molecular complexity index is 1280. The molecule has 1 amide bonds. The lowest BCUT2D eigenvalue weighted by atomic mass is 10.0. The van der Waals surface area contributed by atoms with E-state index < -0.39 is 0 Å². The van der Waals surface area contributed by atoms with Gasteiger partial charge >= 0.3 is 0 Å². The minimum absolute atomic E-state index is 0.105. The fourth-order valence-electron chi connectivity index (χ4n) is 4.21. The number of H-pyrrole nitrogens is 1. The number of rotatable bonds is 5. The van der Waals surface area contributed by atoms with Gasteiger partial charge in [-0.05, 0) is 43.4 Å². The Morgan fingerprint density at radius 2 is 2.29 bits per heavy atom. The third-order valence-electron chi connectivity index (χ3n) is 6.08. The monoisotopic (exact) mass is 434 g/mol. The quantitative estimate of drug-likeness (QED) is 0.492. The molecular weight excluding hydrogens is 412 g/mol. The van der Waals surface area contributed by atoms with E-state index in [1.54, 1.807) is 11.3 Å². The van der Waals surface area contributed by atoms with E-state index >= 15 is 0 Å². The summed E-state index contributed by atoms with van der Waals surface area (Å²) in [4.78, 5) is 20.9. The van der Waals surface area contributed by atoms with E-state index in [0.29, 0.717) is 11.7 Å². The van der Waals surface area contributed by atoms with Crippen LogP contribution in [0.4, 0.5) is 5.82 Å². The van der Waals surface area contributed by atoms with Crippen LogP contribution in [0.1, 0.15) is 56.6 Å². The maximum atomic E-state index is 12.8. The van der Waals surface area contributed by atoms with Crippen LogP contribution in [0.2, 0.25) is 0 Å². The SMILES string of the molecule is Cc1[nH]nc2ncc(CN3CCc4c(C(=O)Nc5cc(C6CC6)on5)csc4C3)cc12. The summed E-state index contributed by atoms with van der Waals surface area (Å²) in [5.74, 6) is 1.75. The minimum atomic E-state index is -0.105. The van der Waals surface area contributed by atoms with Gasteiger partial charge in [0.2, 0.25) is 0 Å². The zero-order valence-electron chi connectivity index (χ0n) is 17.1. The topological polar surface area (TPSA) is 99.9 Å². The molecule has 0 unspecified atom stereocenters. The number of carbonyl (C=O) groups excluding carboxylic acids is 1. The van der Waals surface area contributed by atoms with Crippen molar-refractivity contribution in [2.24, 2.45) is 0 Å². The summed E-state index contributed by atoms with van der Waals surface area (Å²) in [7, 11) is 0. The van der Waals surface area contributed by atoms with Gasteiger partial charge in [-0.15, -0.1) is 11.3 Å². The van der Waals surface area contributed by atoms with Crippen LogP contribution in [0.25, 0.3) is 11.0 Å². The molecule has 4 aromatic rings. The molecule has 1 saturated carbocycles. The van der Waals surface area contributed by atoms with E-state index in [2.05, 4.69) is 36.6 Å². The van der Waals surface area contributed by atoms with Crippen molar-refractivity contribution in [1.82, 2.24) is 25.2 Å². The lowest BCUT2D eigenvalue weighted by molar-refractivity contribution is 0.102. The number of pyridine rings is 1. The molecule has 31 heavy (non-hydrogen) atoms. The second-order valence-corrected chi connectivity index (χ2v) is 9.38. The van der Waals surface area contributed by atoms with Gasteiger partial charge in [0.15, 0.2) is 11.5 Å². The molecule has 0 atom stereocenters. The first kappa shape index (κ1) is 18.7. The Morgan fingerprint density at radius 3 is 3.16 bits per heavy atom. The van der Waals surface area contributed by atoms with Crippen molar-refractivity contribution in [2.75, 3.05) is 11.9 Å². The number of aryl methyl sites for hydroxylation is 1. The van der Waals surface area contributed by atoms with Crippen LogP contribution in [0.15, 0.2) is 28.2 Å². The zero-order valence-corrected chi connectivity index (χ0v) is 18.0. The van der Waals surface area contributed by atoms with Gasteiger partial charge in [0, 0.05) is 59.2 Å². The van der Waals surface area contributed by atoms with Gasteiger partial charge in [-0.3, -0.25) is 14.8 Å². The van der Waals surface area contributed by atoms with Crippen LogP contribution >= 0.6 is 11.3 Å². The Labute approximate surface area is 182 Å². The Balaban J connectivity index is 1.14. The van der Waals surface area contributed by atoms with Crippen molar-refractivity contribution >= 4 is 34.1 Å². The minimum Gasteiger partial charge on any atom is -0.359 e. The summed E-state index contributed by atoms with van der Waals surface area (Å²) in [6.07, 6.45) is 5.04. The highest BCUT2D eigenvalue weighted by Gasteiger charge is 2.29. The number of hydrogen-bond acceptors (Lipinski definition) is 7. The molecule has 1 fully saturated rings. The highest BCUT2D eigenvalue weighted by atomic mass is 32.1. The predicted octanol–water partition coefficient (Wildman–Crippen LogP) is 4.00. The number of anilines is 1. The standard InChI is InChI=1S/C22H22N6O2S/c1-12-16-6-13(8-23-21(16)26-25-12)9-28-5-4-15-17(11-31-19(15)10-28)22(29)24-20-7-18(30-27-20)14-2-3-14/h6-8,11,14H,2-5,9-10H2,1H3,(H,23,25,26)(H,24,27,29). The molecule has 1 aliphatic heterocycles. The van der Waals surface area contributed by atoms with Gasteiger partial charge in [-0.2, -0.15) is 5.10 Å².